The van der Waals surface area contributed by atoms with Gasteiger partial charge in [-0.2, -0.15) is 5.01 Å². The van der Waals surface area contributed by atoms with E-state index in [2.05, 4.69) is 39.4 Å². The number of imide groups is 2. The lowest BCUT2D eigenvalue weighted by Gasteiger charge is -2.40. The Hall–Kier alpha value is -3.76. The Kier molecular flexibility index (Phi) is 7.52. The second-order valence-electron chi connectivity index (χ2n) is 10.3. The number of carbonyl (C=O) groups is 4. The van der Waals surface area contributed by atoms with Gasteiger partial charge in [-0.15, -0.1) is 0 Å². The first-order valence-corrected chi connectivity index (χ1v) is 14.1. The van der Waals surface area contributed by atoms with Gasteiger partial charge in [0.05, 0.1) is 23.7 Å². The lowest BCUT2D eigenvalue weighted by molar-refractivity contribution is -0.122. The number of hydrogen-bond acceptors (Lipinski definition) is 6. The highest BCUT2D eigenvalue weighted by Crippen LogP contribution is 2.32. The molecule has 0 atom stereocenters. The molecular formula is C30H27Cl2N5O4. The fraction of sp³-hybridized carbons (Fsp3) is 0.267. The van der Waals surface area contributed by atoms with Crippen molar-refractivity contribution >= 4 is 47.0 Å². The van der Waals surface area contributed by atoms with E-state index in [0.717, 1.165) is 52.9 Å². The summed E-state index contributed by atoms with van der Waals surface area (Å²) < 4.78 is 0. The maximum atomic E-state index is 13.2. The molecule has 0 saturated carbocycles. The molecule has 9 nitrogen and oxygen atoms in total. The molecule has 0 spiro atoms. The molecule has 3 aliphatic heterocycles. The smallest absolute Gasteiger partial charge is 0.297 e. The number of hydrazine groups is 1. The average Bonchev–Trinajstić information content (AvgIpc) is 3.21. The van der Waals surface area contributed by atoms with Crippen molar-refractivity contribution in [1.29, 1.82) is 0 Å². The first-order chi connectivity index (χ1) is 19.8. The Morgan fingerprint density at radius 3 is 1.88 bits per heavy atom. The number of fused-ring (bicyclic) bond motifs is 1. The van der Waals surface area contributed by atoms with Crippen molar-refractivity contribution in [3.8, 4) is 0 Å². The standard InChI is InChI=1S/C30H27Cl2N5O4/c31-22-6-2-20(3-7-22)27(21-4-8-23(32)9-5-21)35-15-13-34(14-16-35)18-19-1-10-24-25(17-19)29(40)37(28(24)39)36-12-11-26(38)33-30(36)41/h1-10,17,27H,11-16,18H2,(H,33,38,41). The number of amides is 5. The molecule has 0 aliphatic carbocycles. The minimum atomic E-state index is -0.774. The van der Waals surface area contributed by atoms with Crippen LogP contribution in [-0.2, 0) is 11.3 Å². The van der Waals surface area contributed by atoms with Gasteiger partial charge in [-0.3, -0.25) is 29.5 Å². The predicted molar refractivity (Wildman–Crippen MR) is 153 cm³/mol. The van der Waals surface area contributed by atoms with E-state index in [-0.39, 0.29) is 30.1 Å². The van der Waals surface area contributed by atoms with Crippen molar-refractivity contribution in [3.05, 3.63) is 105 Å². The van der Waals surface area contributed by atoms with Gasteiger partial charge in [-0.05, 0) is 53.1 Å². The first kappa shape index (κ1) is 27.4. The molecule has 3 aromatic carbocycles. The lowest BCUT2D eigenvalue weighted by Crippen LogP contribution is -2.58. The zero-order valence-electron chi connectivity index (χ0n) is 22.1. The molecule has 5 amide bonds. The Labute approximate surface area is 247 Å². The average molecular weight is 592 g/mol. The number of hydrogen-bond donors (Lipinski definition) is 1. The van der Waals surface area contributed by atoms with Crippen LogP contribution >= 0.6 is 23.2 Å². The monoisotopic (exact) mass is 591 g/mol. The molecular weight excluding hydrogens is 565 g/mol. The van der Waals surface area contributed by atoms with E-state index in [1.807, 2.05) is 30.3 Å². The van der Waals surface area contributed by atoms with E-state index >= 15 is 0 Å². The molecule has 0 unspecified atom stereocenters. The molecule has 41 heavy (non-hydrogen) atoms. The zero-order valence-corrected chi connectivity index (χ0v) is 23.6. The maximum Gasteiger partial charge on any atom is 0.343 e. The van der Waals surface area contributed by atoms with Crippen LogP contribution < -0.4 is 5.32 Å². The molecule has 11 heteroatoms. The number of urea groups is 1. The molecule has 1 N–H and O–H groups in total. The largest absolute Gasteiger partial charge is 0.343 e. The van der Waals surface area contributed by atoms with E-state index in [1.54, 1.807) is 12.1 Å². The third-order valence-electron chi connectivity index (χ3n) is 7.75. The number of benzene rings is 3. The van der Waals surface area contributed by atoms with Crippen LogP contribution in [0, 0.1) is 0 Å². The second-order valence-corrected chi connectivity index (χ2v) is 11.2. The van der Waals surface area contributed by atoms with Crippen LogP contribution in [-0.4, -0.2) is 76.3 Å². The van der Waals surface area contributed by atoms with Gasteiger partial charge in [0.1, 0.15) is 0 Å². The molecule has 6 rings (SSSR count). The van der Waals surface area contributed by atoms with E-state index < -0.39 is 23.8 Å². The van der Waals surface area contributed by atoms with Gasteiger partial charge in [0.25, 0.3) is 11.8 Å². The normalized spacial score (nSPS) is 18.3. The van der Waals surface area contributed by atoms with Gasteiger partial charge in [0.2, 0.25) is 5.91 Å². The predicted octanol–water partition coefficient (Wildman–Crippen LogP) is 4.35. The van der Waals surface area contributed by atoms with Gasteiger partial charge < -0.3 is 0 Å². The van der Waals surface area contributed by atoms with Crippen molar-refractivity contribution in [3.63, 3.8) is 0 Å². The lowest BCUT2D eigenvalue weighted by atomic mass is 9.96. The summed E-state index contributed by atoms with van der Waals surface area (Å²) >= 11 is 12.3. The molecule has 0 aromatic heterocycles. The molecule has 3 aromatic rings. The molecule has 0 radical (unpaired) electrons. The van der Waals surface area contributed by atoms with Crippen molar-refractivity contribution in [2.75, 3.05) is 32.7 Å². The van der Waals surface area contributed by atoms with Crippen LogP contribution in [0.1, 0.15) is 49.9 Å². The summed E-state index contributed by atoms with van der Waals surface area (Å²) in [5, 5.41) is 5.38. The van der Waals surface area contributed by atoms with Gasteiger partial charge in [0, 0.05) is 49.2 Å². The number of nitrogens with one attached hydrogen (secondary N) is 1. The summed E-state index contributed by atoms with van der Waals surface area (Å²) in [5.41, 5.74) is 3.74. The fourth-order valence-corrected chi connectivity index (χ4v) is 5.93. The Morgan fingerprint density at radius 2 is 1.29 bits per heavy atom. The number of carbonyl (C=O) groups excluding carboxylic acids is 4. The molecule has 2 fully saturated rings. The zero-order chi connectivity index (χ0) is 28.7. The molecule has 0 bridgehead atoms. The van der Waals surface area contributed by atoms with Crippen LogP contribution in [0.3, 0.4) is 0 Å². The van der Waals surface area contributed by atoms with Gasteiger partial charge in [-0.25, -0.2) is 9.80 Å². The summed E-state index contributed by atoms with van der Waals surface area (Å²) in [6.45, 7) is 3.88. The summed E-state index contributed by atoms with van der Waals surface area (Å²) in [6.07, 6.45) is 0.0211. The molecule has 2 saturated heterocycles. The van der Waals surface area contributed by atoms with Crippen LogP contribution in [0.15, 0.2) is 66.7 Å². The number of halogens is 2. The van der Waals surface area contributed by atoms with Crippen molar-refractivity contribution < 1.29 is 19.2 Å². The number of rotatable bonds is 6. The number of nitrogens with zero attached hydrogens (tertiary/aromatic N) is 4. The molecule has 210 valence electrons. The van der Waals surface area contributed by atoms with Crippen molar-refractivity contribution in [2.24, 2.45) is 0 Å². The Balaban J connectivity index is 1.14. The summed E-state index contributed by atoms with van der Waals surface area (Å²) in [7, 11) is 0. The summed E-state index contributed by atoms with van der Waals surface area (Å²) in [5.74, 6) is -1.56. The SMILES string of the molecule is O=C1CCN(N2C(=O)c3ccc(CN4CCN(C(c5ccc(Cl)cc5)c5ccc(Cl)cc5)CC4)cc3C2=O)C(=O)N1. The molecule has 3 aliphatic rings. The summed E-state index contributed by atoms with van der Waals surface area (Å²) in [4.78, 5) is 54.7. The van der Waals surface area contributed by atoms with E-state index in [1.165, 1.54) is 0 Å². The number of piperazine rings is 1. The highest BCUT2D eigenvalue weighted by molar-refractivity contribution is 6.30. The van der Waals surface area contributed by atoms with Gasteiger partial charge >= 0.3 is 6.03 Å². The van der Waals surface area contributed by atoms with Crippen LogP contribution in [0.25, 0.3) is 0 Å². The van der Waals surface area contributed by atoms with E-state index in [9.17, 15) is 19.2 Å². The van der Waals surface area contributed by atoms with E-state index in [4.69, 9.17) is 23.2 Å². The first-order valence-electron chi connectivity index (χ1n) is 13.4. The fourth-order valence-electron chi connectivity index (χ4n) is 5.68. The van der Waals surface area contributed by atoms with Crippen molar-refractivity contribution in [2.45, 2.75) is 19.0 Å². The molecule has 3 heterocycles. The summed E-state index contributed by atoms with van der Waals surface area (Å²) in [6, 6.07) is 20.4. The van der Waals surface area contributed by atoms with Crippen LogP contribution in [0.2, 0.25) is 10.0 Å². The van der Waals surface area contributed by atoms with Gasteiger partial charge in [0.15, 0.2) is 0 Å². The third kappa shape index (κ3) is 5.46. The minimum absolute atomic E-state index is 0.0211. The Bertz CT molecular complexity index is 1480. The topological polar surface area (TPSA) is 93.3 Å². The van der Waals surface area contributed by atoms with E-state index in [0.29, 0.717) is 16.6 Å². The van der Waals surface area contributed by atoms with Gasteiger partial charge in [-0.1, -0.05) is 53.5 Å². The highest BCUT2D eigenvalue weighted by Gasteiger charge is 2.43. The van der Waals surface area contributed by atoms with Crippen LogP contribution in [0.5, 0.6) is 0 Å². The second kappa shape index (κ2) is 11.3. The highest BCUT2D eigenvalue weighted by atomic mass is 35.5. The quantitative estimate of drug-likeness (QED) is 0.428. The Morgan fingerprint density at radius 1 is 0.707 bits per heavy atom. The third-order valence-corrected chi connectivity index (χ3v) is 8.26. The van der Waals surface area contributed by atoms with Crippen molar-refractivity contribution in [1.82, 2.24) is 25.1 Å². The maximum absolute atomic E-state index is 13.2. The van der Waals surface area contributed by atoms with Crippen LogP contribution in [0.4, 0.5) is 4.79 Å². The minimum Gasteiger partial charge on any atom is -0.297 e.